The number of nitriles is 1. The SMILES string of the molecule is Br.CC(=O)N1C=CN(Cc2ccc(C=CC#N)cc2)C1. The summed E-state index contributed by atoms with van der Waals surface area (Å²) in [5, 5.41) is 8.46. The highest BCUT2D eigenvalue weighted by Gasteiger charge is 2.15. The molecule has 4 nitrogen and oxygen atoms in total. The number of hydrogen-bond acceptors (Lipinski definition) is 3. The van der Waals surface area contributed by atoms with E-state index in [1.165, 1.54) is 11.6 Å². The van der Waals surface area contributed by atoms with Gasteiger partial charge in [-0.1, -0.05) is 24.3 Å². The third kappa shape index (κ3) is 4.25. The predicted octanol–water partition coefficient (Wildman–Crippen LogP) is 2.89. The van der Waals surface area contributed by atoms with Crippen LogP contribution >= 0.6 is 17.0 Å². The number of amides is 1. The average Bonchev–Trinajstić information content (AvgIpc) is 2.87. The second-order valence-corrected chi connectivity index (χ2v) is 4.38. The van der Waals surface area contributed by atoms with Gasteiger partial charge in [-0.25, -0.2) is 0 Å². The molecule has 104 valence electrons. The van der Waals surface area contributed by atoms with Crippen LogP contribution in [0.25, 0.3) is 6.08 Å². The maximum absolute atomic E-state index is 11.2. The molecule has 0 radical (unpaired) electrons. The van der Waals surface area contributed by atoms with E-state index in [0.29, 0.717) is 6.67 Å². The van der Waals surface area contributed by atoms with Crippen molar-refractivity contribution >= 4 is 29.0 Å². The summed E-state index contributed by atoms with van der Waals surface area (Å²) >= 11 is 0. The summed E-state index contributed by atoms with van der Waals surface area (Å²) in [6, 6.07) is 9.98. The van der Waals surface area contributed by atoms with Crippen LogP contribution in [0, 0.1) is 11.3 Å². The van der Waals surface area contributed by atoms with Crippen molar-refractivity contribution < 1.29 is 4.79 Å². The number of allylic oxidation sites excluding steroid dienone is 1. The molecule has 0 bridgehead atoms. The van der Waals surface area contributed by atoms with Gasteiger partial charge in [0.15, 0.2) is 0 Å². The van der Waals surface area contributed by atoms with E-state index in [2.05, 4.69) is 4.90 Å². The molecule has 0 atom stereocenters. The Labute approximate surface area is 129 Å². The highest BCUT2D eigenvalue weighted by atomic mass is 79.9. The second-order valence-electron chi connectivity index (χ2n) is 4.38. The molecule has 20 heavy (non-hydrogen) atoms. The first-order valence-corrected chi connectivity index (χ1v) is 6.04. The van der Waals surface area contributed by atoms with Crippen LogP contribution in [0.5, 0.6) is 0 Å². The first kappa shape index (κ1) is 16.0. The van der Waals surface area contributed by atoms with Crippen molar-refractivity contribution in [1.29, 1.82) is 5.26 Å². The Bertz CT molecular complexity index is 557. The van der Waals surface area contributed by atoms with Crippen LogP contribution in [0.1, 0.15) is 18.1 Å². The molecule has 5 heteroatoms. The lowest BCUT2D eigenvalue weighted by molar-refractivity contribution is -0.126. The molecular weight excluding hydrogens is 318 g/mol. The first-order valence-electron chi connectivity index (χ1n) is 6.04. The van der Waals surface area contributed by atoms with Crippen LogP contribution in [-0.4, -0.2) is 22.4 Å². The predicted molar refractivity (Wildman–Crippen MR) is 83.5 cm³/mol. The van der Waals surface area contributed by atoms with Crippen LogP contribution in [0.4, 0.5) is 0 Å². The zero-order valence-corrected chi connectivity index (χ0v) is 12.9. The van der Waals surface area contributed by atoms with E-state index in [1.807, 2.05) is 36.5 Å². The van der Waals surface area contributed by atoms with E-state index >= 15 is 0 Å². The molecule has 0 spiro atoms. The Morgan fingerprint density at radius 1 is 1.35 bits per heavy atom. The normalized spacial score (nSPS) is 13.4. The molecule has 0 unspecified atom stereocenters. The molecule has 1 aliphatic rings. The number of carbonyl (C=O) groups is 1. The lowest BCUT2D eigenvalue weighted by Crippen LogP contribution is -2.28. The summed E-state index contributed by atoms with van der Waals surface area (Å²) < 4.78 is 0. The molecule has 1 aromatic carbocycles. The zero-order chi connectivity index (χ0) is 13.7. The topological polar surface area (TPSA) is 47.3 Å². The van der Waals surface area contributed by atoms with Crippen molar-refractivity contribution in [1.82, 2.24) is 9.80 Å². The van der Waals surface area contributed by atoms with Crippen LogP contribution in [0.2, 0.25) is 0 Å². The van der Waals surface area contributed by atoms with Gasteiger partial charge in [0.05, 0.1) is 12.7 Å². The molecule has 1 aromatic rings. The van der Waals surface area contributed by atoms with Crippen molar-refractivity contribution in [3.05, 3.63) is 53.9 Å². The molecule has 1 heterocycles. The summed E-state index contributed by atoms with van der Waals surface area (Å²) in [6.07, 6.45) is 6.96. The molecule has 0 saturated carbocycles. The number of hydrogen-bond donors (Lipinski definition) is 0. The van der Waals surface area contributed by atoms with Crippen LogP contribution in [0.15, 0.2) is 42.7 Å². The van der Waals surface area contributed by atoms with Gasteiger partial charge in [-0.2, -0.15) is 5.26 Å². The zero-order valence-electron chi connectivity index (χ0n) is 11.2. The van der Waals surface area contributed by atoms with Gasteiger partial charge in [-0.15, -0.1) is 17.0 Å². The minimum absolute atomic E-state index is 0. The Morgan fingerprint density at radius 2 is 2.05 bits per heavy atom. The highest BCUT2D eigenvalue weighted by molar-refractivity contribution is 8.93. The number of halogens is 1. The molecule has 1 amide bonds. The van der Waals surface area contributed by atoms with Gasteiger partial charge in [0.25, 0.3) is 0 Å². The molecule has 0 aromatic heterocycles. The van der Waals surface area contributed by atoms with Crippen molar-refractivity contribution in [2.45, 2.75) is 13.5 Å². The Balaban J connectivity index is 0.00000200. The second kappa shape index (κ2) is 7.51. The molecule has 0 N–H and O–H groups in total. The monoisotopic (exact) mass is 333 g/mol. The minimum Gasteiger partial charge on any atom is -0.354 e. The van der Waals surface area contributed by atoms with Gasteiger partial charge >= 0.3 is 0 Å². The summed E-state index contributed by atoms with van der Waals surface area (Å²) in [5.74, 6) is 0.0516. The van der Waals surface area contributed by atoms with E-state index < -0.39 is 0 Å². The fraction of sp³-hybridized carbons (Fsp3) is 0.200. The van der Waals surface area contributed by atoms with E-state index in [9.17, 15) is 4.79 Å². The van der Waals surface area contributed by atoms with Crippen molar-refractivity contribution in [2.24, 2.45) is 0 Å². The lowest BCUT2D eigenvalue weighted by atomic mass is 10.1. The fourth-order valence-electron chi connectivity index (χ4n) is 1.87. The van der Waals surface area contributed by atoms with Gasteiger partial charge in [0, 0.05) is 31.9 Å². The van der Waals surface area contributed by atoms with Gasteiger partial charge < -0.3 is 4.90 Å². The molecule has 1 aliphatic heterocycles. The maximum Gasteiger partial charge on any atom is 0.224 e. The van der Waals surface area contributed by atoms with Crippen LogP contribution in [0.3, 0.4) is 0 Å². The van der Waals surface area contributed by atoms with Crippen molar-refractivity contribution in [3.63, 3.8) is 0 Å². The molecule has 0 saturated heterocycles. The molecule has 2 rings (SSSR count). The first-order chi connectivity index (χ1) is 9.19. The van der Waals surface area contributed by atoms with Gasteiger partial charge in [0.1, 0.15) is 0 Å². The summed E-state index contributed by atoms with van der Waals surface area (Å²) in [6.45, 7) is 2.93. The minimum atomic E-state index is 0. The van der Waals surface area contributed by atoms with Crippen LogP contribution < -0.4 is 0 Å². The van der Waals surface area contributed by atoms with Crippen molar-refractivity contribution in [2.75, 3.05) is 6.67 Å². The van der Waals surface area contributed by atoms with E-state index in [-0.39, 0.29) is 22.9 Å². The van der Waals surface area contributed by atoms with Gasteiger partial charge in [-0.3, -0.25) is 9.69 Å². The number of benzene rings is 1. The van der Waals surface area contributed by atoms with Gasteiger partial charge in [0.2, 0.25) is 5.91 Å². The van der Waals surface area contributed by atoms with Crippen molar-refractivity contribution in [3.8, 4) is 6.07 Å². The summed E-state index contributed by atoms with van der Waals surface area (Å²) in [4.78, 5) is 14.9. The molecular formula is C15H16BrN3O. The van der Waals surface area contributed by atoms with Crippen LogP contribution in [-0.2, 0) is 11.3 Å². The maximum atomic E-state index is 11.2. The number of nitrogens with zero attached hydrogens (tertiary/aromatic N) is 3. The largest absolute Gasteiger partial charge is 0.354 e. The summed E-state index contributed by atoms with van der Waals surface area (Å²) in [7, 11) is 0. The highest BCUT2D eigenvalue weighted by Crippen LogP contribution is 2.13. The Hall–Kier alpha value is -2.06. The van der Waals surface area contributed by atoms with E-state index in [1.54, 1.807) is 24.1 Å². The lowest BCUT2D eigenvalue weighted by Gasteiger charge is -2.19. The Morgan fingerprint density at radius 3 is 2.60 bits per heavy atom. The number of carbonyl (C=O) groups excluding carboxylic acids is 1. The van der Waals surface area contributed by atoms with Gasteiger partial charge in [-0.05, 0) is 17.2 Å². The van der Waals surface area contributed by atoms with E-state index in [4.69, 9.17) is 5.26 Å². The number of rotatable bonds is 3. The molecule has 0 aliphatic carbocycles. The molecule has 0 fully saturated rings. The average molecular weight is 334 g/mol. The summed E-state index contributed by atoms with van der Waals surface area (Å²) in [5.41, 5.74) is 2.18. The fourth-order valence-corrected chi connectivity index (χ4v) is 1.87. The van der Waals surface area contributed by atoms with E-state index in [0.717, 1.165) is 12.1 Å². The smallest absolute Gasteiger partial charge is 0.224 e. The quantitative estimate of drug-likeness (QED) is 0.799. The third-order valence-corrected chi connectivity index (χ3v) is 2.91. The third-order valence-electron chi connectivity index (χ3n) is 2.91. The Kier molecular flexibility index (Phi) is 6.01. The standard InChI is InChI=1S/C15H15N3O.BrH/c1-13(19)18-10-9-17(12-18)11-15-6-4-14(5-7-15)3-2-8-16;/h2-7,9-10H,11-12H2,1H3;1H.